The van der Waals surface area contributed by atoms with Gasteiger partial charge in [-0.2, -0.15) is 0 Å². The van der Waals surface area contributed by atoms with E-state index in [1.165, 1.54) is 16.1 Å². The van der Waals surface area contributed by atoms with Gasteiger partial charge in [0, 0.05) is 24.0 Å². The van der Waals surface area contributed by atoms with Gasteiger partial charge in [-0.15, -0.1) is 0 Å². The Kier molecular flexibility index (Phi) is 3.22. The van der Waals surface area contributed by atoms with Gasteiger partial charge in [0.05, 0.1) is 17.6 Å². The maximum absolute atomic E-state index is 12.0. The summed E-state index contributed by atoms with van der Waals surface area (Å²) in [6.07, 6.45) is 5.99. The Labute approximate surface area is 141 Å². The average Bonchev–Trinajstić information content (AvgIpc) is 3.04. The van der Waals surface area contributed by atoms with Crippen LogP contribution in [0.3, 0.4) is 0 Å². The van der Waals surface area contributed by atoms with Crippen molar-refractivity contribution in [2.45, 2.75) is 26.3 Å². The lowest BCUT2D eigenvalue weighted by molar-refractivity contribution is 0.590. The summed E-state index contributed by atoms with van der Waals surface area (Å²) < 4.78 is 27.6. The molecule has 124 valence electrons. The molecule has 0 radical (unpaired) electrons. The van der Waals surface area contributed by atoms with Gasteiger partial charge in [-0.1, -0.05) is 6.07 Å². The third kappa shape index (κ3) is 2.38. The number of imidazole rings is 1. The Hall–Kier alpha value is -2.34. The molecule has 3 aromatic rings. The molecule has 1 atom stereocenters. The molecule has 0 saturated heterocycles. The van der Waals surface area contributed by atoms with Gasteiger partial charge in [0.15, 0.2) is 0 Å². The summed E-state index contributed by atoms with van der Waals surface area (Å²) in [7, 11) is -3.25. The molecule has 2 aromatic heterocycles. The smallest absolute Gasteiger partial charge is 0.232 e. The van der Waals surface area contributed by atoms with Gasteiger partial charge in [-0.3, -0.25) is 4.31 Å². The first kappa shape index (κ1) is 15.2. The quantitative estimate of drug-likeness (QED) is 0.720. The molecule has 6 heteroatoms. The van der Waals surface area contributed by atoms with Gasteiger partial charge in [0.1, 0.15) is 5.65 Å². The molecule has 0 spiro atoms. The van der Waals surface area contributed by atoms with E-state index >= 15 is 0 Å². The average molecular weight is 341 g/mol. The number of hydrogen-bond donors (Lipinski definition) is 0. The van der Waals surface area contributed by atoms with Gasteiger partial charge < -0.3 is 4.40 Å². The van der Waals surface area contributed by atoms with E-state index in [-0.39, 0.29) is 6.04 Å². The van der Waals surface area contributed by atoms with E-state index in [4.69, 9.17) is 0 Å². The van der Waals surface area contributed by atoms with Crippen molar-refractivity contribution in [1.82, 2.24) is 9.38 Å². The molecule has 0 unspecified atom stereocenters. The van der Waals surface area contributed by atoms with Crippen molar-refractivity contribution in [3.8, 4) is 11.3 Å². The van der Waals surface area contributed by atoms with Crippen molar-refractivity contribution in [2.75, 3.05) is 10.6 Å². The first-order chi connectivity index (χ1) is 11.3. The Morgan fingerprint density at radius 1 is 1.21 bits per heavy atom. The topological polar surface area (TPSA) is 54.7 Å². The van der Waals surface area contributed by atoms with Crippen molar-refractivity contribution in [2.24, 2.45) is 0 Å². The zero-order chi connectivity index (χ0) is 17.1. The van der Waals surface area contributed by atoms with Crippen LogP contribution in [0.25, 0.3) is 16.9 Å². The molecule has 3 heterocycles. The molecule has 24 heavy (non-hydrogen) atoms. The number of aryl methyl sites for hydroxylation is 1. The highest BCUT2D eigenvalue weighted by atomic mass is 32.2. The van der Waals surface area contributed by atoms with Crippen LogP contribution >= 0.6 is 0 Å². The molecule has 1 aliphatic rings. The maximum Gasteiger partial charge on any atom is 0.232 e. The zero-order valence-corrected chi connectivity index (χ0v) is 14.7. The molecule has 1 aromatic carbocycles. The number of hydrogen-bond acceptors (Lipinski definition) is 3. The summed E-state index contributed by atoms with van der Waals surface area (Å²) in [5.41, 5.74) is 5.83. The van der Waals surface area contributed by atoms with Crippen LogP contribution in [0.15, 0.2) is 42.7 Å². The number of fused-ring (bicyclic) bond motifs is 2. The molecule has 4 rings (SSSR count). The van der Waals surface area contributed by atoms with E-state index in [0.717, 1.165) is 34.6 Å². The molecule has 5 nitrogen and oxygen atoms in total. The second kappa shape index (κ2) is 5.08. The summed E-state index contributed by atoms with van der Waals surface area (Å²) in [5, 5.41) is 0. The first-order valence-electron chi connectivity index (χ1n) is 7.91. The van der Waals surface area contributed by atoms with Crippen LogP contribution in [0.5, 0.6) is 0 Å². The lowest BCUT2D eigenvalue weighted by Gasteiger charge is -2.21. The largest absolute Gasteiger partial charge is 0.306 e. The van der Waals surface area contributed by atoms with E-state index in [9.17, 15) is 8.42 Å². The number of rotatable bonds is 2. The SMILES string of the molecule is Cc1ccn2cc(-c3ccc4c(c3)C[C@@H](C)N4S(C)(=O)=O)nc2c1. The summed E-state index contributed by atoms with van der Waals surface area (Å²) >= 11 is 0. The molecule has 0 N–H and O–H groups in total. The van der Waals surface area contributed by atoms with E-state index < -0.39 is 10.0 Å². The molecule has 0 bridgehead atoms. The highest BCUT2D eigenvalue weighted by Gasteiger charge is 2.32. The predicted octanol–water partition coefficient (Wildman–Crippen LogP) is 3.02. The normalized spacial score (nSPS) is 17.5. The summed E-state index contributed by atoms with van der Waals surface area (Å²) in [6, 6.07) is 9.95. The van der Waals surface area contributed by atoms with Crippen LogP contribution in [0.2, 0.25) is 0 Å². The van der Waals surface area contributed by atoms with Crippen LogP contribution < -0.4 is 4.31 Å². The number of nitrogens with zero attached hydrogens (tertiary/aromatic N) is 3. The highest BCUT2D eigenvalue weighted by molar-refractivity contribution is 7.92. The number of benzene rings is 1. The minimum Gasteiger partial charge on any atom is -0.306 e. The second-order valence-corrected chi connectivity index (χ2v) is 8.41. The Bertz CT molecular complexity index is 1050. The number of anilines is 1. The Morgan fingerprint density at radius 2 is 2.00 bits per heavy atom. The second-order valence-electron chi connectivity index (χ2n) is 6.55. The highest BCUT2D eigenvalue weighted by Crippen LogP contribution is 2.36. The number of pyridine rings is 1. The van der Waals surface area contributed by atoms with E-state index in [1.54, 1.807) is 0 Å². The number of aromatic nitrogens is 2. The zero-order valence-electron chi connectivity index (χ0n) is 13.9. The van der Waals surface area contributed by atoms with Gasteiger partial charge in [-0.05, 0) is 55.7 Å². The van der Waals surface area contributed by atoms with Crippen molar-refractivity contribution >= 4 is 21.4 Å². The number of sulfonamides is 1. The summed E-state index contributed by atoms with van der Waals surface area (Å²) in [4.78, 5) is 4.69. The van der Waals surface area contributed by atoms with Crippen LogP contribution in [-0.4, -0.2) is 30.1 Å². The Morgan fingerprint density at radius 3 is 2.75 bits per heavy atom. The van der Waals surface area contributed by atoms with Crippen LogP contribution in [0.1, 0.15) is 18.1 Å². The Balaban J connectivity index is 1.80. The standard InChI is InChI=1S/C18H19N3O2S/c1-12-6-7-20-11-16(19-18(20)8-12)14-4-5-17-15(10-14)9-13(2)21(17)24(3,22)23/h4-8,10-11,13H,9H2,1-3H3/t13-/m1/s1. The minimum atomic E-state index is -3.25. The summed E-state index contributed by atoms with van der Waals surface area (Å²) in [6.45, 7) is 3.99. The molecule has 0 fully saturated rings. The van der Waals surface area contributed by atoms with Gasteiger partial charge in [-0.25, -0.2) is 13.4 Å². The molecule has 0 aliphatic carbocycles. The summed E-state index contributed by atoms with van der Waals surface area (Å²) in [5.74, 6) is 0. The molecule has 0 amide bonds. The fourth-order valence-corrected chi connectivity index (χ4v) is 4.75. The monoisotopic (exact) mass is 341 g/mol. The van der Waals surface area contributed by atoms with Crippen LogP contribution in [-0.2, 0) is 16.4 Å². The van der Waals surface area contributed by atoms with Crippen molar-refractivity contribution < 1.29 is 8.42 Å². The van der Waals surface area contributed by atoms with Crippen molar-refractivity contribution in [3.63, 3.8) is 0 Å². The molecular formula is C18H19N3O2S. The van der Waals surface area contributed by atoms with E-state index in [1.807, 2.05) is 54.9 Å². The third-order valence-corrected chi connectivity index (χ3v) is 5.77. The van der Waals surface area contributed by atoms with E-state index in [0.29, 0.717) is 0 Å². The molecular weight excluding hydrogens is 322 g/mol. The van der Waals surface area contributed by atoms with E-state index in [2.05, 4.69) is 11.1 Å². The lowest BCUT2D eigenvalue weighted by Crippen LogP contribution is -2.34. The third-order valence-electron chi connectivity index (χ3n) is 4.50. The predicted molar refractivity (Wildman–Crippen MR) is 95.9 cm³/mol. The van der Waals surface area contributed by atoms with Crippen LogP contribution in [0.4, 0.5) is 5.69 Å². The van der Waals surface area contributed by atoms with Gasteiger partial charge in [0.2, 0.25) is 10.0 Å². The van der Waals surface area contributed by atoms with Crippen molar-refractivity contribution in [3.05, 3.63) is 53.9 Å². The van der Waals surface area contributed by atoms with Gasteiger partial charge in [0.25, 0.3) is 0 Å². The van der Waals surface area contributed by atoms with Crippen LogP contribution in [0, 0.1) is 6.92 Å². The van der Waals surface area contributed by atoms with Crippen molar-refractivity contribution in [1.29, 1.82) is 0 Å². The molecule has 0 saturated carbocycles. The fourth-order valence-electron chi connectivity index (χ4n) is 3.49. The fraction of sp³-hybridized carbons (Fsp3) is 0.278. The maximum atomic E-state index is 12.0. The van der Waals surface area contributed by atoms with Gasteiger partial charge >= 0.3 is 0 Å². The minimum absolute atomic E-state index is 0.0473. The molecule has 1 aliphatic heterocycles. The lowest BCUT2D eigenvalue weighted by atomic mass is 10.1. The first-order valence-corrected chi connectivity index (χ1v) is 9.76.